The van der Waals surface area contributed by atoms with Crippen molar-refractivity contribution in [2.24, 2.45) is 0 Å². The fourth-order valence-corrected chi connectivity index (χ4v) is 2.58. The van der Waals surface area contributed by atoms with E-state index in [4.69, 9.17) is 5.73 Å². The zero-order chi connectivity index (χ0) is 10.7. The lowest BCUT2D eigenvalue weighted by Crippen LogP contribution is -1.98. The molecule has 0 saturated heterocycles. The van der Waals surface area contributed by atoms with Crippen LogP contribution in [0.15, 0.2) is 34.4 Å². The van der Waals surface area contributed by atoms with Crippen molar-refractivity contribution in [3.63, 3.8) is 0 Å². The number of anilines is 2. The van der Waals surface area contributed by atoms with E-state index in [0.29, 0.717) is 5.69 Å². The van der Waals surface area contributed by atoms with Crippen LogP contribution in [-0.4, -0.2) is 4.98 Å². The lowest BCUT2D eigenvalue weighted by atomic mass is 10.3. The van der Waals surface area contributed by atoms with E-state index in [-0.39, 0.29) is 0 Å². The normalized spacial score (nSPS) is 10.2. The van der Waals surface area contributed by atoms with Crippen LogP contribution in [-0.2, 0) is 6.54 Å². The minimum atomic E-state index is 0.673. The van der Waals surface area contributed by atoms with Crippen LogP contribution < -0.4 is 11.1 Å². The molecule has 2 heterocycles. The van der Waals surface area contributed by atoms with Crippen molar-refractivity contribution in [3.8, 4) is 0 Å². The average molecular weight is 284 g/mol. The van der Waals surface area contributed by atoms with Gasteiger partial charge in [0.15, 0.2) is 0 Å². The van der Waals surface area contributed by atoms with Crippen molar-refractivity contribution in [3.05, 3.63) is 39.3 Å². The number of thiophene rings is 1. The smallest absolute Gasteiger partial charge is 0.0550 e. The van der Waals surface area contributed by atoms with Gasteiger partial charge in [0, 0.05) is 27.5 Å². The molecule has 0 fully saturated rings. The standard InChI is InChI=1S/C10H10BrN3S/c11-7-1-10(15-6-7)5-14-9-2-8(12)3-13-4-9/h1-4,6,14H,5,12H2. The van der Waals surface area contributed by atoms with Crippen LogP contribution in [0, 0.1) is 0 Å². The van der Waals surface area contributed by atoms with Crippen LogP contribution in [0.3, 0.4) is 0 Å². The highest BCUT2D eigenvalue weighted by molar-refractivity contribution is 9.10. The molecule has 0 aliphatic heterocycles. The lowest BCUT2D eigenvalue weighted by molar-refractivity contribution is 1.17. The quantitative estimate of drug-likeness (QED) is 0.910. The first-order chi connectivity index (χ1) is 7.24. The van der Waals surface area contributed by atoms with Crippen LogP contribution >= 0.6 is 27.3 Å². The summed E-state index contributed by atoms with van der Waals surface area (Å²) in [4.78, 5) is 5.28. The maximum absolute atomic E-state index is 5.62. The molecule has 0 radical (unpaired) electrons. The van der Waals surface area contributed by atoms with Gasteiger partial charge in [-0.25, -0.2) is 0 Å². The third kappa shape index (κ3) is 2.94. The highest BCUT2D eigenvalue weighted by Crippen LogP contribution is 2.20. The van der Waals surface area contributed by atoms with Crippen LogP contribution in [0.5, 0.6) is 0 Å². The Morgan fingerprint density at radius 1 is 1.40 bits per heavy atom. The maximum Gasteiger partial charge on any atom is 0.0550 e. The molecule has 3 nitrogen and oxygen atoms in total. The van der Waals surface area contributed by atoms with Crippen LogP contribution in [0.25, 0.3) is 0 Å². The summed E-state index contributed by atoms with van der Waals surface area (Å²) in [6.45, 7) is 0.793. The predicted molar refractivity (Wildman–Crippen MR) is 68.0 cm³/mol. The second-order valence-corrected chi connectivity index (χ2v) is 5.00. The SMILES string of the molecule is Nc1cncc(NCc2cc(Br)cs2)c1. The molecule has 3 N–H and O–H groups in total. The molecule has 0 atom stereocenters. The molecule has 0 unspecified atom stereocenters. The van der Waals surface area contributed by atoms with Crippen molar-refractivity contribution >= 4 is 38.6 Å². The van der Waals surface area contributed by atoms with Gasteiger partial charge in [-0.2, -0.15) is 0 Å². The fraction of sp³-hybridized carbons (Fsp3) is 0.100. The number of nitrogens with one attached hydrogen (secondary N) is 1. The van der Waals surface area contributed by atoms with Crippen LogP contribution in [0.4, 0.5) is 11.4 Å². The Bertz CT molecular complexity index is 455. The van der Waals surface area contributed by atoms with Gasteiger partial charge in [0.2, 0.25) is 0 Å². The van der Waals surface area contributed by atoms with E-state index in [0.717, 1.165) is 16.7 Å². The largest absolute Gasteiger partial charge is 0.397 e. The molecule has 78 valence electrons. The molecule has 0 bridgehead atoms. The van der Waals surface area contributed by atoms with Crippen molar-refractivity contribution in [1.82, 2.24) is 4.98 Å². The second-order valence-electron chi connectivity index (χ2n) is 3.09. The Morgan fingerprint density at radius 3 is 2.93 bits per heavy atom. The summed E-state index contributed by atoms with van der Waals surface area (Å²) >= 11 is 5.13. The van der Waals surface area contributed by atoms with Gasteiger partial charge in [0.05, 0.1) is 17.6 Å². The summed E-state index contributed by atoms with van der Waals surface area (Å²) in [6.07, 6.45) is 3.39. The highest BCUT2D eigenvalue weighted by Gasteiger charge is 1.98. The molecular weight excluding hydrogens is 274 g/mol. The lowest BCUT2D eigenvalue weighted by Gasteiger charge is -2.04. The summed E-state index contributed by atoms with van der Waals surface area (Å²) in [5, 5.41) is 5.33. The number of halogens is 1. The monoisotopic (exact) mass is 283 g/mol. The van der Waals surface area contributed by atoms with E-state index in [1.807, 2.05) is 6.07 Å². The number of nitrogen functional groups attached to an aromatic ring is 1. The molecule has 2 aromatic heterocycles. The molecule has 0 amide bonds. The minimum absolute atomic E-state index is 0.673. The third-order valence-electron chi connectivity index (χ3n) is 1.85. The number of aromatic nitrogens is 1. The Hall–Kier alpha value is -1.07. The predicted octanol–water partition coefficient (Wildman–Crippen LogP) is 3.10. The number of hydrogen-bond acceptors (Lipinski definition) is 4. The molecule has 0 aliphatic rings. The summed E-state index contributed by atoms with van der Waals surface area (Å²) in [5.41, 5.74) is 7.24. The van der Waals surface area contributed by atoms with E-state index in [1.54, 1.807) is 23.7 Å². The van der Waals surface area contributed by atoms with E-state index in [1.165, 1.54) is 4.88 Å². The van der Waals surface area contributed by atoms with E-state index in [2.05, 4.69) is 37.7 Å². The Morgan fingerprint density at radius 2 is 2.27 bits per heavy atom. The van der Waals surface area contributed by atoms with Gasteiger partial charge in [-0.15, -0.1) is 11.3 Å². The molecule has 0 aromatic carbocycles. The van der Waals surface area contributed by atoms with Gasteiger partial charge >= 0.3 is 0 Å². The second kappa shape index (κ2) is 4.63. The molecule has 0 aliphatic carbocycles. The van der Waals surface area contributed by atoms with Crippen LogP contribution in [0.1, 0.15) is 4.88 Å². The molecule has 2 aromatic rings. The van der Waals surface area contributed by atoms with Gasteiger partial charge in [0.1, 0.15) is 0 Å². The molecular formula is C10H10BrN3S. The summed E-state index contributed by atoms with van der Waals surface area (Å²) in [7, 11) is 0. The van der Waals surface area contributed by atoms with Crippen LogP contribution in [0.2, 0.25) is 0 Å². The topological polar surface area (TPSA) is 50.9 Å². The first-order valence-corrected chi connectivity index (χ1v) is 6.08. The van der Waals surface area contributed by atoms with Gasteiger partial charge < -0.3 is 11.1 Å². The van der Waals surface area contributed by atoms with Crippen molar-refractivity contribution in [2.45, 2.75) is 6.54 Å². The average Bonchev–Trinajstić information content (AvgIpc) is 2.62. The van der Waals surface area contributed by atoms with Crippen molar-refractivity contribution < 1.29 is 0 Å². The summed E-state index contributed by atoms with van der Waals surface area (Å²) in [6, 6.07) is 3.97. The summed E-state index contributed by atoms with van der Waals surface area (Å²) < 4.78 is 1.12. The first-order valence-electron chi connectivity index (χ1n) is 4.41. The fourth-order valence-electron chi connectivity index (χ4n) is 1.19. The maximum atomic E-state index is 5.62. The molecule has 2 rings (SSSR count). The Balaban J connectivity index is 1.99. The molecule has 0 spiro atoms. The summed E-state index contributed by atoms with van der Waals surface area (Å²) in [5.74, 6) is 0. The Labute approximate surface area is 100 Å². The third-order valence-corrected chi connectivity index (χ3v) is 3.55. The molecule has 0 saturated carbocycles. The Kier molecular flexibility index (Phi) is 3.23. The van der Waals surface area contributed by atoms with E-state index < -0.39 is 0 Å². The molecule has 5 heteroatoms. The number of nitrogens with zero attached hydrogens (tertiary/aromatic N) is 1. The zero-order valence-corrected chi connectivity index (χ0v) is 10.3. The van der Waals surface area contributed by atoms with Crippen molar-refractivity contribution in [1.29, 1.82) is 0 Å². The zero-order valence-electron chi connectivity index (χ0n) is 7.90. The highest BCUT2D eigenvalue weighted by atomic mass is 79.9. The van der Waals surface area contributed by atoms with Crippen molar-refractivity contribution in [2.75, 3.05) is 11.1 Å². The van der Waals surface area contributed by atoms with Gasteiger partial charge in [-0.05, 0) is 28.1 Å². The number of rotatable bonds is 3. The number of nitrogens with two attached hydrogens (primary N) is 1. The number of hydrogen-bond donors (Lipinski definition) is 2. The number of pyridine rings is 1. The van der Waals surface area contributed by atoms with E-state index >= 15 is 0 Å². The van der Waals surface area contributed by atoms with Gasteiger partial charge in [-0.3, -0.25) is 4.98 Å². The molecule has 15 heavy (non-hydrogen) atoms. The van der Waals surface area contributed by atoms with E-state index in [9.17, 15) is 0 Å². The minimum Gasteiger partial charge on any atom is -0.397 e. The van der Waals surface area contributed by atoms with Gasteiger partial charge in [0.25, 0.3) is 0 Å². The first kappa shape index (κ1) is 10.4. The van der Waals surface area contributed by atoms with Gasteiger partial charge in [-0.1, -0.05) is 0 Å².